The van der Waals surface area contributed by atoms with Crippen molar-refractivity contribution in [3.05, 3.63) is 35.5 Å². The van der Waals surface area contributed by atoms with Gasteiger partial charge in [0, 0.05) is 12.5 Å². The summed E-state index contributed by atoms with van der Waals surface area (Å²) in [5.74, 6) is 2.05. The Morgan fingerprint density at radius 1 is 1.14 bits per heavy atom. The molecular weight excluding hydrogens is 270 g/mol. The first kappa shape index (κ1) is 12.5. The predicted octanol–water partition coefficient (Wildman–Crippen LogP) is 2.12. The summed E-state index contributed by atoms with van der Waals surface area (Å²) < 4.78 is 10.00. The molecule has 0 aliphatic heterocycles. The second kappa shape index (κ2) is 4.92. The van der Waals surface area contributed by atoms with E-state index in [1.807, 2.05) is 25.2 Å². The molecule has 1 fully saturated rings. The highest BCUT2D eigenvalue weighted by Gasteiger charge is 2.28. The minimum absolute atomic E-state index is 0.523. The lowest BCUT2D eigenvalue weighted by atomic mass is 10.2. The van der Waals surface area contributed by atoms with Crippen molar-refractivity contribution in [3.63, 3.8) is 0 Å². The lowest BCUT2D eigenvalue weighted by Crippen LogP contribution is -2.17. The third-order valence-electron chi connectivity index (χ3n) is 3.60. The van der Waals surface area contributed by atoms with Gasteiger partial charge in [-0.15, -0.1) is 0 Å². The highest BCUT2D eigenvalue weighted by atomic mass is 16.6. The van der Waals surface area contributed by atoms with Crippen molar-refractivity contribution in [1.82, 2.24) is 25.4 Å². The number of fused-ring (bicyclic) bond motifs is 1. The fraction of sp³-hybridized carbons (Fsp3) is 0.429. The van der Waals surface area contributed by atoms with Crippen LogP contribution in [0.5, 0.6) is 0 Å². The molecule has 2 heterocycles. The smallest absolute Gasteiger partial charge is 0.240 e. The second-order valence-corrected chi connectivity index (χ2v) is 5.58. The molecule has 3 aromatic rings. The maximum absolute atomic E-state index is 5.29. The van der Waals surface area contributed by atoms with Crippen molar-refractivity contribution >= 4 is 11.0 Å². The molecular formula is C14H15N5O2. The highest BCUT2D eigenvalue weighted by molar-refractivity contribution is 5.73. The van der Waals surface area contributed by atoms with Gasteiger partial charge in [0.25, 0.3) is 0 Å². The zero-order valence-corrected chi connectivity index (χ0v) is 11.7. The molecule has 0 radical (unpaired) electrons. The van der Waals surface area contributed by atoms with Crippen molar-refractivity contribution in [2.24, 2.45) is 0 Å². The zero-order chi connectivity index (χ0) is 14.2. The average molecular weight is 285 g/mol. The second-order valence-electron chi connectivity index (χ2n) is 5.58. The van der Waals surface area contributed by atoms with Crippen LogP contribution < -0.4 is 0 Å². The molecule has 1 aliphatic rings. The summed E-state index contributed by atoms with van der Waals surface area (Å²) in [7, 11) is 2.02. The van der Waals surface area contributed by atoms with Crippen molar-refractivity contribution in [3.8, 4) is 0 Å². The summed E-state index contributed by atoms with van der Waals surface area (Å²) >= 11 is 0. The molecule has 21 heavy (non-hydrogen) atoms. The van der Waals surface area contributed by atoms with Gasteiger partial charge in [-0.2, -0.15) is 4.98 Å². The Kier molecular flexibility index (Phi) is 2.92. The van der Waals surface area contributed by atoms with Crippen LogP contribution >= 0.6 is 0 Å². The molecule has 0 bridgehead atoms. The summed E-state index contributed by atoms with van der Waals surface area (Å²) in [5, 5.41) is 11.7. The topological polar surface area (TPSA) is 81.1 Å². The normalized spacial score (nSPS) is 15.1. The van der Waals surface area contributed by atoms with E-state index in [0.717, 1.165) is 29.0 Å². The first-order valence-corrected chi connectivity index (χ1v) is 7.00. The Hall–Kier alpha value is -2.28. The Bertz CT molecular complexity index is 761. The highest BCUT2D eigenvalue weighted by Crippen LogP contribution is 2.38. The van der Waals surface area contributed by atoms with Crippen molar-refractivity contribution < 1.29 is 9.15 Å². The number of benzene rings is 1. The van der Waals surface area contributed by atoms with Crippen LogP contribution in [-0.2, 0) is 13.1 Å². The van der Waals surface area contributed by atoms with Crippen LogP contribution in [0.1, 0.15) is 36.0 Å². The van der Waals surface area contributed by atoms with Gasteiger partial charge in [0.2, 0.25) is 5.89 Å². The Labute approximate surface area is 120 Å². The van der Waals surface area contributed by atoms with E-state index in [0.29, 0.717) is 18.4 Å². The summed E-state index contributed by atoms with van der Waals surface area (Å²) in [6.07, 6.45) is 2.36. The van der Waals surface area contributed by atoms with Crippen LogP contribution in [0, 0.1) is 0 Å². The van der Waals surface area contributed by atoms with Gasteiger partial charge in [-0.3, -0.25) is 4.90 Å². The molecule has 1 aromatic carbocycles. The van der Waals surface area contributed by atoms with Crippen LogP contribution in [0.4, 0.5) is 0 Å². The summed E-state index contributed by atoms with van der Waals surface area (Å²) in [4.78, 5) is 6.56. The molecule has 0 spiro atoms. The molecule has 0 N–H and O–H groups in total. The minimum atomic E-state index is 0.523. The first-order valence-electron chi connectivity index (χ1n) is 7.00. The number of hydrogen-bond acceptors (Lipinski definition) is 7. The third-order valence-corrected chi connectivity index (χ3v) is 3.60. The Morgan fingerprint density at radius 2 is 2.00 bits per heavy atom. The van der Waals surface area contributed by atoms with Crippen molar-refractivity contribution in [2.75, 3.05) is 7.05 Å². The number of nitrogens with zero attached hydrogens (tertiary/aromatic N) is 5. The Balaban J connectivity index is 1.42. The molecule has 0 unspecified atom stereocenters. The van der Waals surface area contributed by atoms with Crippen LogP contribution in [-0.4, -0.2) is 32.4 Å². The van der Waals surface area contributed by atoms with Gasteiger partial charge in [0.1, 0.15) is 11.0 Å². The molecule has 1 aliphatic carbocycles. The minimum Gasteiger partial charge on any atom is -0.338 e. The SMILES string of the molecule is CN(Cc1ccc2nonc2c1)Cc1nc(C2CC2)no1. The fourth-order valence-electron chi connectivity index (χ4n) is 2.36. The first-order chi connectivity index (χ1) is 10.3. The largest absolute Gasteiger partial charge is 0.338 e. The summed E-state index contributed by atoms with van der Waals surface area (Å²) in [5.41, 5.74) is 2.68. The van der Waals surface area contributed by atoms with Crippen LogP contribution in [0.25, 0.3) is 11.0 Å². The van der Waals surface area contributed by atoms with E-state index in [4.69, 9.17) is 9.15 Å². The van der Waals surface area contributed by atoms with Crippen LogP contribution in [0.2, 0.25) is 0 Å². The maximum Gasteiger partial charge on any atom is 0.240 e. The van der Waals surface area contributed by atoms with Gasteiger partial charge in [0.05, 0.1) is 6.54 Å². The van der Waals surface area contributed by atoms with E-state index in [1.165, 1.54) is 12.8 Å². The third kappa shape index (κ3) is 2.64. The molecule has 1 saturated carbocycles. The predicted molar refractivity (Wildman–Crippen MR) is 73.2 cm³/mol. The molecule has 2 aromatic heterocycles. The lowest BCUT2D eigenvalue weighted by Gasteiger charge is -2.13. The van der Waals surface area contributed by atoms with E-state index in [2.05, 4.69) is 25.4 Å². The monoisotopic (exact) mass is 285 g/mol. The maximum atomic E-state index is 5.29. The van der Waals surface area contributed by atoms with Crippen molar-refractivity contribution in [1.29, 1.82) is 0 Å². The molecule has 108 valence electrons. The summed E-state index contributed by atoms with van der Waals surface area (Å²) in [6.45, 7) is 1.40. The average Bonchev–Trinajstić information content (AvgIpc) is 3.04. The van der Waals surface area contributed by atoms with E-state index in [-0.39, 0.29) is 0 Å². The van der Waals surface area contributed by atoms with Gasteiger partial charge < -0.3 is 4.52 Å². The van der Waals surface area contributed by atoms with Crippen LogP contribution in [0.3, 0.4) is 0 Å². The standard InChI is InChI=1S/C14H15N5O2/c1-19(8-13-15-14(18-20-13)10-3-4-10)7-9-2-5-11-12(6-9)17-21-16-11/h2,5-6,10H,3-4,7-8H2,1H3. The van der Waals surface area contributed by atoms with Gasteiger partial charge >= 0.3 is 0 Å². The van der Waals surface area contributed by atoms with E-state index >= 15 is 0 Å². The zero-order valence-electron chi connectivity index (χ0n) is 11.7. The fourth-order valence-corrected chi connectivity index (χ4v) is 2.36. The molecule has 0 saturated heterocycles. The van der Waals surface area contributed by atoms with Gasteiger partial charge in [0.15, 0.2) is 5.82 Å². The molecule has 7 nitrogen and oxygen atoms in total. The van der Waals surface area contributed by atoms with E-state index < -0.39 is 0 Å². The Morgan fingerprint density at radius 3 is 2.86 bits per heavy atom. The van der Waals surface area contributed by atoms with Crippen LogP contribution in [0.15, 0.2) is 27.4 Å². The van der Waals surface area contributed by atoms with Gasteiger partial charge in [-0.25, -0.2) is 4.63 Å². The van der Waals surface area contributed by atoms with Crippen molar-refractivity contribution in [2.45, 2.75) is 31.8 Å². The van der Waals surface area contributed by atoms with E-state index in [1.54, 1.807) is 0 Å². The number of aromatic nitrogens is 4. The quantitative estimate of drug-likeness (QED) is 0.710. The number of rotatable bonds is 5. The van der Waals surface area contributed by atoms with E-state index in [9.17, 15) is 0 Å². The lowest BCUT2D eigenvalue weighted by molar-refractivity contribution is 0.260. The molecule has 0 atom stereocenters. The molecule has 4 rings (SSSR count). The van der Waals surface area contributed by atoms with Gasteiger partial charge in [-0.1, -0.05) is 11.2 Å². The number of hydrogen-bond donors (Lipinski definition) is 0. The molecule has 0 amide bonds. The summed E-state index contributed by atoms with van der Waals surface area (Å²) in [6, 6.07) is 5.91. The molecule has 7 heteroatoms. The van der Waals surface area contributed by atoms with Gasteiger partial charge in [-0.05, 0) is 47.9 Å².